The van der Waals surface area contributed by atoms with Crippen LogP contribution in [0.25, 0.3) is 0 Å². The molecule has 2 saturated carbocycles. The summed E-state index contributed by atoms with van der Waals surface area (Å²) in [4.78, 5) is 11.1. The molecule has 4 unspecified atom stereocenters. The second kappa shape index (κ2) is 2.34. The third-order valence-corrected chi connectivity index (χ3v) is 5.91. The van der Waals surface area contributed by atoms with E-state index in [9.17, 15) is 15.4 Å². The van der Waals surface area contributed by atoms with Crippen LogP contribution >= 0.6 is 0 Å². The number of nitrogens with zero attached hydrogens (tertiary/aromatic N) is 3. The Labute approximate surface area is 94.1 Å². The van der Waals surface area contributed by atoms with Gasteiger partial charge in [0.05, 0.1) is 12.6 Å². The molecule has 5 heteroatoms. The normalized spacial score (nSPS) is 53.1. The van der Waals surface area contributed by atoms with Crippen LogP contribution < -0.4 is 0 Å². The number of rotatable bonds is 1. The molecule has 2 aliphatic carbocycles. The molecule has 0 aromatic rings. The van der Waals surface area contributed by atoms with Crippen LogP contribution in [0.15, 0.2) is 0 Å². The average molecular weight is 221 g/mol. The quantitative estimate of drug-likeness (QED) is 0.498. The van der Waals surface area contributed by atoms with Crippen molar-refractivity contribution < 1.29 is 5.03 Å². The van der Waals surface area contributed by atoms with Crippen molar-refractivity contribution in [1.29, 1.82) is 5.26 Å². The summed E-state index contributed by atoms with van der Waals surface area (Å²) in [5, 5.41) is 21.4. The third-order valence-electron chi connectivity index (χ3n) is 5.91. The van der Waals surface area contributed by atoms with E-state index in [0.717, 1.165) is 12.8 Å². The number of hydrazine groups is 1. The minimum Gasteiger partial charge on any atom is -0.235 e. The second-order valence-corrected chi connectivity index (χ2v) is 5.96. The van der Waals surface area contributed by atoms with Crippen LogP contribution in [-0.4, -0.2) is 22.1 Å². The van der Waals surface area contributed by atoms with E-state index in [1.807, 2.05) is 0 Å². The number of nitriles is 1. The van der Waals surface area contributed by atoms with Crippen molar-refractivity contribution in [2.24, 2.45) is 16.7 Å². The lowest BCUT2D eigenvalue weighted by Gasteiger charge is -2.37. The van der Waals surface area contributed by atoms with Gasteiger partial charge in [-0.1, -0.05) is 13.8 Å². The van der Waals surface area contributed by atoms with Crippen molar-refractivity contribution in [1.82, 2.24) is 5.01 Å². The molecule has 0 aromatic carbocycles. The highest BCUT2D eigenvalue weighted by atomic mass is 16.7. The fourth-order valence-electron chi connectivity index (χ4n) is 4.67. The Balaban J connectivity index is 2.19. The zero-order chi connectivity index (χ0) is 11.8. The summed E-state index contributed by atoms with van der Waals surface area (Å²) in [5.41, 5.74) is -1.10. The van der Waals surface area contributed by atoms with E-state index in [2.05, 4.69) is 19.9 Å². The molecule has 0 spiro atoms. The molecule has 4 atom stereocenters. The summed E-state index contributed by atoms with van der Waals surface area (Å²) in [6.07, 6.45) is 2.76. The van der Waals surface area contributed by atoms with E-state index in [1.165, 1.54) is 5.01 Å². The molecule has 86 valence electrons. The predicted octanol–water partition coefficient (Wildman–Crippen LogP) is 1.58. The highest BCUT2D eigenvalue weighted by Crippen LogP contribution is 2.75. The van der Waals surface area contributed by atoms with Crippen LogP contribution in [0.1, 0.15) is 33.1 Å². The minimum absolute atomic E-state index is 0.0458. The number of nitro groups is 1. The lowest BCUT2D eigenvalue weighted by molar-refractivity contribution is -0.671. The van der Waals surface area contributed by atoms with Crippen molar-refractivity contribution in [2.45, 2.75) is 38.6 Å². The first-order valence-electron chi connectivity index (χ1n) is 5.74. The van der Waals surface area contributed by atoms with Crippen LogP contribution in [0.3, 0.4) is 0 Å². The van der Waals surface area contributed by atoms with Crippen molar-refractivity contribution >= 4 is 0 Å². The maximum Gasteiger partial charge on any atom is 0.192 e. The minimum atomic E-state index is -0.853. The Bertz CT molecular complexity index is 431. The van der Waals surface area contributed by atoms with Crippen LogP contribution in [-0.2, 0) is 0 Å². The van der Waals surface area contributed by atoms with Gasteiger partial charge in [0, 0.05) is 10.8 Å². The van der Waals surface area contributed by atoms with E-state index in [0.29, 0.717) is 18.9 Å². The maximum absolute atomic E-state index is 11.1. The monoisotopic (exact) mass is 221 g/mol. The molecule has 0 N–H and O–H groups in total. The SMILES string of the molecule is CC12CN([N+](=O)[O-])C3(C#N)CC1CCC23C. The summed E-state index contributed by atoms with van der Waals surface area (Å²) >= 11 is 0. The molecule has 3 aliphatic rings. The van der Waals surface area contributed by atoms with Gasteiger partial charge >= 0.3 is 0 Å². The number of piperidine rings is 1. The van der Waals surface area contributed by atoms with Crippen molar-refractivity contribution in [3.63, 3.8) is 0 Å². The highest BCUT2D eigenvalue weighted by molar-refractivity contribution is 5.34. The molecule has 3 rings (SSSR count). The molecule has 5 nitrogen and oxygen atoms in total. The van der Waals surface area contributed by atoms with Gasteiger partial charge in [-0.2, -0.15) is 5.26 Å². The largest absolute Gasteiger partial charge is 0.235 e. The van der Waals surface area contributed by atoms with Gasteiger partial charge in [0.1, 0.15) is 0 Å². The summed E-state index contributed by atoms with van der Waals surface area (Å²) in [7, 11) is 0. The predicted molar refractivity (Wildman–Crippen MR) is 55.6 cm³/mol. The van der Waals surface area contributed by atoms with Gasteiger partial charge in [0.25, 0.3) is 0 Å². The third kappa shape index (κ3) is 0.649. The molecular weight excluding hydrogens is 206 g/mol. The van der Waals surface area contributed by atoms with Crippen molar-refractivity contribution in [2.75, 3.05) is 6.54 Å². The summed E-state index contributed by atoms with van der Waals surface area (Å²) in [6, 6.07) is 2.28. The Morgan fingerprint density at radius 1 is 1.56 bits per heavy atom. The lowest BCUT2D eigenvalue weighted by Crippen LogP contribution is -2.54. The fraction of sp³-hybridized carbons (Fsp3) is 0.909. The summed E-state index contributed by atoms with van der Waals surface area (Å²) in [6.45, 7) is 4.65. The summed E-state index contributed by atoms with van der Waals surface area (Å²) < 4.78 is 0. The van der Waals surface area contributed by atoms with Crippen molar-refractivity contribution in [3.8, 4) is 6.07 Å². The van der Waals surface area contributed by atoms with E-state index in [1.54, 1.807) is 0 Å². The topological polar surface area (TPSA) is 70.2 Å². The Morgan fingerprint density at radius 2 is 2.25 bits per heavy atom. The van der Waals surface area contributed by atoms with Crippen molar-refractivity contribution in [3.05, 3.63) is 10.1 Å². The molecule has 0 amide bonds. The average Bonchev–Trinajstić information content (AvgIpc) is 2.68. The first-order valence-corrected chi connectivity index (χ1v) is 5.74. The molecular formula is C11H15N3O2. The number of hydrogen-bond acceptors (Lipinski definition) is 3. The maximum atomic E-state index is 11.1. The standard InChI is InChI=1S/C11H15N3O2/c1-9-7-13(14(15)16)11(6-12)5-8(9)3-4-10(9,11)2/h8H,3-5,7H2,1-2H3. The first-order chi connectivity index (χ1) is 7.41. The van der Waals surface area contributed by atoms with Gasteiger partial charge in [0.15, 0.2) is 10.6 Å². The second-order valence-electron chi connectivity index (χ2n) is 5.96. The molecule has 1 aliphatic heterocycles. The van der Waals surface area contributed by atoms with Gasteiger partial charge in [-0.15, -0.1) is 5.01 Å². The summed E-state index contributed by atoms with van der Waals surface area (Å²) in [5.74, 6) is 0.494. The molecule has 0 radical (unpaired) electrons. The molecule has 0 aromatic heterocycles. The first kappa shape index (κ1) is 9.88. The van der Waals surface area contributed by atoms with Gasteiger partial charge in [-0.3, -0.25) is 0 Å². The molecule has 4 bridgehead atoms. The molecule has 1 saturated heterocycles. The Hall–Kier alpha value is -1.31. The highest BCUT2D eigenvalue weighted by Gasteiger charge is 2.81. The van der Waals surface area contributed by atoms with Crippen LogP contribution in [0.4, 0.5) is 0 Å². The van der Waals surface area contributed by atoms with E-state index in [-0.39, 0.29) is 15.9 Å². The van der Waals surface area contributed by atoms with Gasteiger partial charge in [-0.05, 0) is 25.2 Å². The van der Waals surface area contributed by atoms with Gasteiger partial charge in [-0.25, -0.2) is 10.1 Å². The fourth-order valence-corrected chi connectivity index (χ4v) is 4.67. The lowest BCUT2D eigenvalue weighted by atomic mass is 9.66. The molecule has 16 heavy (non-hydrogen) atoms. The van der Waals surface area contributed by atoms with E-state index >= 15 is 0 Å². The molecule has 3 fully saturated rings. The van der Waals surface area contributed by atoms with E-state index < -0.39 is 5.54 Å². The zero-order valence-electron chi connectivity index (χ0n) is 9.56. The zero-order valence-corrected chi connectivity index (χ0v) is 9.56. The van der Waals surface area contributed by atoms with Crippen LogP contribution in [0.2, 0.25) is 0 Å². The Morgan fingerprint density at radius 3 is 2.75 bits per heavy atom. The van der Waals surface area contributed by atoms with Crippen LogP contribution in [0.5, 0.6) is 0 Å². The van der Waals surface area contributed by atoms with Gasteiger partial charge < -0.3 is 0 Å². The van der Waals surface area contributed by atoms with Crippen LogP contribution in [0, 0.1) is 38.2 Å². The Kier molecular flexibility index (Phi) is 1.45. The van der Waals surface area contributed by atoms with Gasteiger partial charge in [0.2, 0.25) is 0 Å². The number of hydrogen-bond donors (Lipinski definition) is 0. The smallest absolute Gasteiger partial charge is 0.192 e. The molecule has 1 heterocycles. The van der Waals surface area contributed by atoms with E-state index in [4.69, 9.17) is 0 Å².